The molecule has 1 aliphatic rings. The van der Waals surface area contributed by atoms with E-state index in [1.165, 1.54) is 12.4 Å². The van der Waals surface area contributed by atoms with Gasteiger partial charge in [-0.3, -0.25) is 5.41 Å². The smallest absolute Gasteiger partial charge is 0.383 e. The third kappa shape index (κ3) is 5.96. The maximum Gasteiger partial charge on any atom is 0.416 e. The molecule has 0 unspecified atom stereocenters. The Bertz CT molecular complexity index is 1340. The fourth-order valence-corrected chi connectivity index (χ4v) is 4.13. The first-order chi connectivity index (χ1) is 17.1. The van der Waals surface area contributed by atoms with Crippen molar-refractivity contribution in [1.29, 1.82) is 5.41 Å². The van der Waals surface area contributed by atoms with Crippen LogP contribution < -0.4 is 11.1 Å². The Morgan fingerprint density at radius 2 is 1.86 bits per heavy atom. The Hall–Kier alpha value is -3.61. The Morgan fingerprint density at radius 1 is 1.14 bits per heavy atom. The van der Waals surface area contributed by atoms with Crippen molar-refractivity contribution < 1.29 is 13.2 Å². The van der Waals surface area contributed by atoms with Gasteiger partial charge in [-0.2, -0.15) is 13.2 Å². The molecule has 1 fully saturated rings. The van der Waals surface area contributed by atoms with Crippen molar-refractivity contribution in [3.05, 3.63) is 70.5 Å². The molecule has 10 heteroatoms. The van der Waals surface area contributed by atoms with E-state index in [9.17, 15) is 13.2 Å². The van der Waals surface area contributed by atoms with Crippen LogP contribution in [0.15, 0.2) is 48.8 Å². The molecule has 1 aliphatic heterocycles. The van der Waals surface area contributed by atoms with Crippen LogP contribution in [0.2, 0.25) is 5.02 Å². The van der Waals surface area contributed by atoms with Crippen LogP contribution in [0.3, 0.4) is 0 Å². The third-order valence-electron chi connectivity index (χ3n) is 6.00. The lowest BCUT2D eigenvalue weighted by atomic mass is 10.0. The summed E-state index contributed by atoms with van der Waals surface area (Å²) in [6, 6.07) is 10.0. The molecule has 3 aromatic rings. The number of rotatable bonds is 4. The molecule has 4 N–H and O–H groups in total. The van der Waals surface area contributed by atoms with Crippen molar-refractivity contribution in [1.82, 2.24) is 14.9 Å². The van der Waals surface area contributed by atoms with Gasteiger partial charge in [-0.25, -0.2) is 9.97 Å². The summed E-state index contributed by atoms with van der Waals surface area (Å²) in [4.78, 5) is 10.5. The van der Waals surface area contributed by atoms with Crippen LogP contribution in [-0.4, -0.2) is 46.8 Å². The van der Waals surface area contributed by atoms with Gasteiger partial charge in [-0.1, -0.05) is 35.7 Å². The number of benzene rings is 2. The molecule has 0 bridgehead atoms. The number of nitrogens with one attached hydrogen (secondary N) is 2. The monoisotopic (exact) mass is 512 g/mol. The van der Waals surface area contributed by atoms with Gasteiger partial charge in [0.2, 0.25) is 0 Å². The van der Waals surface area contributed by atoms with E-state index in [1.807, 2.05) is 0 Å². The molecule has 1 saturated heterocycles. The van der Waals surface area contributed by atoms with Crippen LogP contribution in [0.25, 0.3) is 11.1 Å². The minimum absolute atomic E-state index is 0.0935. The van der Waals surface area contributed by atoms with Crippen molar-refractivity contribution in [2.75, 3.05) is 31.2 Å². The lowest BCUT2D eigenvalue weighted by Crippen LogP contribution is -2.37. The van der Waals surface area contributed by atoms with Crippen LogP contribution >= 0.6 is 11.6 Å². The lowest BCUT2D eigenvalue weighted by Gasteiger charge is -2.30. The van der Waals surface area contributed by atoms with E-state index >= 15 is 0 Å². The summed E-state index contributed by atoms with van der Waals surface area (Å²) in [5.41, 5.74) is 6.81. The molecule has 1 aromatic heterocycles. The average molecular weight is 513 g/mol. The summed E-state index contributed by atoms with van der Waals surface area (Å²) in [6.45, 7) is 1.90. The summed E-state index contributed by atoms with van der Waals surface area (Å²) in [7, 11) is 2.07. The van der Waals surface area contributed by atoms with Gasteiger partial charge in [0.15, 0.2) is 0 Å². The fraction of sp³-hybridized carbons (Fsp3) is 0.269. The van der Waals surface area contributed by atoms with Gasteiger partial charge in [-0.05, 0) is 74.3 Å². The number of hydrogen-bond acceptors (Lipinski definition) is 6. The highest BCUT2D eigenvalue weighted by Crippen LogP contribution is 2.33. The second-order valence-electron chi connectivity index (χ2n) is 8.60. The largest absolute Gasteiger partial charge is 0.416 e. The number of aromatic nitrogens is 2. The zero-order valence-electron chi connectivity index (χ0n) is 19.5. The second kappa shape index (κ2) is 10.6. The van der Waals surface area contributed by atoms with Gasteiger partial charge < -0.3 is 16.0 Å². The quantitative estimate of drug-likeness (QED) is 0.325. The van der Waals surface area contributed by atoms with Crippen molar-refractivity contribution in [2.24, 2.45) is 0 Å². The number of halogens is 4. The summed E-state index contributed by atoms with van der Waals surface area (Å²) in [5, 5.41) is 12.2. The molecule has 6 nitrogen and oxygen atoms in total. The maximum absolute atomic E-state index is 13.1. The SMILES string of the molecule is CN1CCC(Nc2ncnc(N)c2C(=N)C#Cc2cc(-c3cccc(C(F)(F)F)c3)ccc2Cl)CC1. The third-order valence-corrected chi connectivity index (χ3v) is 6.33. The first kappa shape index (κ1) is 25.5. The van der Waals surface area contributed by atoms with Crippen LogP contribution in [0.1, 0.15) is 29.5 Å². The fourth-order valence-electron chi connectivity index (χ4n) is 3.97. The van der Waals surface area contributed by atoms with E-state index in [2.05, 4.69) is 39.1 Å². The average Bonchev–Trinajstić information content (AvgIpc) is 2.84. The van der Waals surface area contributed by atoms with Crippen molar-refractivity contribution in [3.63, 3.8) is 0 Å². The molecular weight excluding hydrogens is 489 g/mol. The van der Waals surface area contributed by atoms with Gasteiger partial charge in [0.05, 0.1) is 16.1 Å². The Labute approximate surface area is 212 Å². The van der Waals surface area contributed by atoms with E-state index in [4.69, 9.17) is 22.7 Å². The number of alkyl halides is 3. The predicted octanol–water partition coefficient (Wildman–Crippen LogP) is 5.32. The number of piperidine rings is 1. The lowest BCUT2D eigenvalue weighted by molar-refractivity contribution is -0.137. The number of hydrogen-bond donors (Lipinski definition) is 3. The van der Waals surface area contributed by atoms with Crippen LogP contribution in [0, 0.1) is 17.3 Å². The maximum atomic E-state index is 13.1. The van der Waals surface area contributed by atoms with Crippen molar-refractivity contribution in [2.45, 2.75) is 25.1 Å². The van der Waals surface area contributed by atoms with Crippen molar-refractivity contribution >= 4 is 28.9 Å². The van der Waals surface area contributed by atoms with Gasteiger partial charge in [0.25, 0.3) is 0 Å². The molecule has 0 atom stereocenters. The van der Waals surface area contributed by atoms with Gasteiger partial charge >= 0.3 is 6.18 Å². The second-order valence-corrected chi connectivity index (χ2v) is 9.01. The predicted molar refractivity (Wildman–Crippen MR) is 136 cm³/mol. The molecule has 0 radical (unpaired) electrons. The van der Waals surface area contributed by atoms with E-state index in [0.717, 1.165) is 38.1 Å². The van der Waals surface area contributed by atoms with Crippen LogP contribution in [0.4, 0.5) is 24.8 Å². The highest BCUT2D eigenvalue weighted by Gasteiger charge is 2.30. The summed E-state index contributed by atoms with van der Waals surface area (Å²) in [5.74, 6) is 6.19. The van der Waals surface area contributed by atoms with Crippen LogP contribution in [0.5, 0.6) is 0 Å². The standard InChI is InChI=1S/C26H24ClF3N6/c1-36-11-9-20(10-12-36)35-25-23(24(32)33-15-34-25)22(31)8-6-18-13-17(5-7-21(18)27)16-3-2-4-19(14-16)26(28,29)30/h2-5,7,13-15,20,31H,9-12H2,1H3,(H3,32,33,34,35). The molecule has 186 valence electrons. The number of nitrogen functional groups attached to an aromatic ring is 1. The number of anilines is 2. The first-order valence-corrected chi connectivity index (χ1v) is 11.6. The van der Waals surface area contributed by atoms with E-state index in [0.29, 0.717) is 33.1 Å². The first-order valence-electron chi connectivity index (χ1n) is 11.3. The van der Waals surface area contributed by atoms with Gasteiger partial charge in [-0.15, -0.1) is 0 Å². The molecular formula is C26H24ClF3N6. The topological polar surface area (TPSA) is 90.9 Å². The summed E-state index contributed by atoms with van der Waals surface area (Å²) >= 11 is 6.30. The van der Waals surface area contributed by atoms with Crippen LogP contribution in [-0.2, 0) is 6.18 Å². The highest BCUT2D eigenvalue weighted by molar-refractivity contribution is 6.32. The van der Waals surface area contributed by atoms with Gasteiger partial charge in [0, 0.05) is 11.6 Å². The minimum Gasteiger partial charge on any atom is -0.383 e. The van der Waals surface area contributed by atoms with Crippen molar-refractivity contribution in [3.8, 4) is 23.0 Å². The Morgan fingerprint density at radius 3 is 2.58 bits per heavy atom. The van der Waals surface area contributed by atoms with E-state index in [-0.39, 0.29) is 17.6 Å². The molecule has 0 amide bonds. The zero-order chi connectivity index (χ0) is 25.9. The Kier molecular flexibility index (Phi) is 7.48. The molecule has 2 heterocycles. The van der Waals surface area contributed by atoms with E-state index in [1.54, 1.807) is 24.3 Å². The van der Waals surface area contributed by atoms with E-state index < -0.39 is 11.7 Å². The summed E-state index contributed by atoms with van der Waals surface area (Å²) in [6.07, 6.45) is -1.25. The highest BCUT2D eigenvalue weighted by atomic mass is 35.5. The molecule has 36 heavy (non-hydrogen) atoms. The molecule has 0 saturated carbocycles. The summed E-state index contributed by atoms with van der Waals surface area (Å²) < 4.78 is 39.4. The molecule has 2 aromatic carbocycles. The molecule has 0 spiro atoms. The zero-order valence-corrected chi connectivity index (χ0v) is 20.2. The Balaban J connectivity index is 1.61. The number of nitrogens with zero attached hydrogens (tertiary/aromatic N) is 3. The normalized spacial score (nSPS) is 14.7. The van der Waals surface area contributed by atoms with Gasteiger partial charge in [0.1, 0.15) is 23.7 Å². The number of nitrogens with two attached hydrogens (primary N) is 1. The molecule has 4 rings (SSSR count). The molecule has 0 aliphatic carbocycles. The number of likely N-dealkylation sites (tertiary alicyclic amines) is 1. The minimum atomic E-state index is -4.45.